The van der Waals surface area contributed by atoms with Gasteiger partial charge in [-0.15, -0.1) is 16.4 Å². The fourth-order valence-corrected chi connectivity index (χ4v) is 1.52. The first kappa shape index (κ1) is 11.4. The Morgan fingerprint density at radius 3 is 2.50 bits per heavy atom. The van der Waals surface area contributed by atoms with E-state index in [1.54, 1.807) is 23.0 Å². The van der Waals surface area contributed by atoms with Crippen LogP contribution in [0.3, 0.4) is 0 Å². The monoisotopic (exact) mass is 250 g/mol. The van der Waals surface area contributed by atoms with Crippen LogP contribution in [-0.2, 0) is 11.8 Å². The van der Waals surface area contributed by atoms with E-state index in [4.69, 9.17) is 9.79 Å². The Labute approximate surface area is 88.8 Å². The van der Waals surface area contributed by atoms with Crippen LogP contribution in [0.25, 0.3) is 0 Å². The van der Waals surface area contributed by atoms with Crippen LogP contribution in [0.15, 0.2) is 23.3 Å². The molecular weight excluding hydrogens is 243 g/mol. The Kier molecular flexibility index (Phi) is 4.30. The lowest BCUT2D eigenvalue weighted by atomic mass is 11.0. The molecule has 0 saturated heterocycles. The standard InChI is InChI=1S/C3H3NS.C2H4N3O2PS/c1-2-5-3-4-1;6-8(7,9)2-1-3-5-4-2/h1-3H;1H,(H,3,4,5)(H2,6,7,9). The van der Waals surface area contributed by atoms with Gasteiger partial charge in [-0.2, -0.15) is 0 Å². The van der Waals surface area contributed by atoms with Crippen LogP contribution >= 0.6 is 17.8 Å². The van der Waals surface area contributed by atoms with Crippen molar-refractivity contribution in [2.45, 2.75) is 0 Å². The molecule has 3 N–H and O–H groups in total. The van der Waals surface area contributed by atoms with E-state index in [0.717, 1.165) is 0 Å². The first-order valence-corrected chi connectivity index (χ1v) is 7.00. The molecule has 0 aliphatic rings. The van der Waals surface area contributed by atoms with Gasteiger partial charge in [0.25, 0.3) is 0 Å². The molecule has 0 aliphatic carbocycles. The number of aromatic nitrogens is 4. The molecule has 2 rings (SSSR count). The molecule has 2 aromatic rings. The van der Waals surface area contributed by atoms with Crippen LogP contribution in [-0.4, -0.2) is 30.2 Å². The van der Waals surface area contributed by atoms with Crippen LogP contribution in [0.5, 0.6) is 0 Å². The molecule has 0 aliphatic heterocycles. The number of H-pyrrole nitrogens is 1. The number of hydrogen-bond donors (Lipinski definition) is 3. The number of thiazole rings is 1. The summed E-state index contributed by atoms with van der Waals surface area (Å²) in [5.74, 6) is 0. The van der Waals surface area contributed by atoms with Gasteiger partial charge in [0.05, 0.1) is 11.7 Å². The molecule has 0 aromatic carbocycles. The van der Waals surface area contributed by atoms with E-state index < -0.39 is 6.49 Å². The van der Waals surface area contributed by atoms with Crippen LogP contribution in [0.4, 0.5) is 0 Å². The van der Waals surface area contributed by atoms with Crippen LogP contribution < -0.4 is 5.44 Å². The van der Waals surface area contributed by atoms with Crippen molar-refractivity contribution in [2.75, 3.05) is 0 Å². The Hall–Kier alpha value is -0.660. The Balaban J connectivity index is 0.000000165. The van der Waals surface area contributed by atoms with Gasteiger partial charge < -0.3 is 9.79 Å². The van der Waals surface area contributed by atoms with Crippen LogP contribution in [0.1, 0.15) is 0 Å². The molecule has 2 heterocycles. The van der Waals surface area contributed by atoms with E-state index in [9.17, 15) is 0 Å². The maximum atomic E-state index is 8.74. The van der Waals surface area contributed by atoms with Gasteiger partial charge in [0.2, 0.25) is 6.49 Å². The second-order valence-electron chi connectivity index (χ2n) is 2.05. The highest BCUT2D eigenvalue weighted by Gasteiger charge is 2.13. The third-order valence-corrected chi connectivity index (χ3v) is 2.95. The van der Waals surface area contributed by atoms with Gasteiger partial charge >= 0.3 is 0 Å². The van der Waals surface area contributed by atoms with Gasteiger partial charge in [-0.25, -0.2) is 0 Å². The summed E-state index contributed by atoms with van der Waals surface area (Å²) in [4.78, 5) is 21.2. The number of hydrogen-bond acceptors (Lipinski definition) is 5. The van der Waals surface area contributed by atoms with Gasteiger partial charge in [-0.3, -0.25) is 10.1 Å². The highest BCUT2D eigenvalue weighted by Crippen LogP contribution is 2.31. The van der Waals surface area contributed by atoms with E-state index in [1.807, 2.05) is 5.38 Å². The molecule has 14 heavy (non-hydrogen) atoms. The van der Waals surface area contributed by atoms with Crippen LogP contribution in [0, 0.1) is 0 Å². The SMILES string of the molecule is OP(O)(=S)c1c[nH]nn1.c1cscn1. The summed E-state index contributed by atoms with van der Waals surface area (Å²) in [6, 6.07) is 0. The number of aromatic amines is 1. The minimum Gasteiger partial charge on any atom is -0.341 e. The number of nitrogens with one attached hydrogen (secondary N) is 1. The molecule has 2 aromatic heterocycles. The van der Waals surface area contributed by atoms with Crippen molar-refractivity contribution >= 4 is 35.1 Å². The largest absolute Gasteiger partial charge is 0.341 e. The summed E-state index contributed by atoms with van der Waals surface area (Å²) < 4.78 is 0. The lowest BCUT2D eigenvalue weighted by Gasteiger charge is -1.98. The van der Waals surface area contributed by atoms with E-state index in [-0.39, 0.29) is 5.44 Å². The average Bonchev–Trinajstić information content (AvgIpc) is 2.80. The van der Waals surface area contributed by atoms with Crippen molar-refractivity contribution in [1.82, 2.24) is 20.4 Å². The molecule has 0 saturated carbocycles. The molecule has 0 radical (unpaired) electrons. The quantitative estimate of drug-likeness (QED) is 0.610. The summed E-state index contributed by atoms with van der Waals surface area (Å²) in [5, 5.41) is 10.8. The molecule has 0 unspecified atom stereocenters. The van der Waals surface area contributed by atoms with Crippen molar-refractivity contribution < 1.29 is 9.79 Å². The lowest BCUT2D eigenvalue weighted by Crippen LogP contribution is -2.03. The highest BCUT2D eigenvalue weighted by atomic mass is 32.5. The zero-order valence-electron chi connectivity index (χ0n) is 6.81. The van der Waals surface area contributed by atoms with E-state index >= 15 is 0 Å². The Morgan fingerprint density at radius 1 is 1.50 bits per heavy atom. The third kappa shape index (κ3) is 4.03. The van der Waals surface area contributed by atoms with Crippen LogP contribution in [0.2, 0.25) is 0 Å². The van der Waals surface area contributed by atoms with Crippen molar-refractivity contribution in [3.05, 3.63) is 23.3 Å². The molecule has 9 heteroatoms. The summed E-state index contributed by atoms with van der Waals surface area (Å²) in [6.45, 7) is -3.34. The Morgan fingerprint density at radius 2 is 2.29 bits per heavy atom. The molecular formula is C5H7N4O2PS2. The zero-order valence-corrected chi connectivity index (χ0v) is 9.34. The summed E-state index contributed by atoms with van der Waals surface area (Å²) in [7, 11) is 0. The molecule has 0 bridgehead atoms. The van der Waals surface area contributed by atoms with Gasteiger partial charge in [0.1, 0.15) is 0 Å². The zero-order chi connectivity index (χ0) is 10.4. The normalized spacial score (nSPS) is 10.4. The molecule has 76 valence electrons. The second-order valence-corrected chi connectivity index (χ2v) is 5.88. The predicted octanol–water partition coefficient (Wildman–Crippen LogP) is -0.133. The fraction of sp³-hybridized carbons (Fsp3) is 0. The number of rotatable bonds is 1. The molecule has 6 nitrogen and oxygen atoms in total. The second kappa shape index (κ2) is 5.28. The molecule has 0 amide bonds. The maximum absolute atomic E-state index is 8.74. The average molecular weight is 250 g/mol. The molecule has 0 fully saturated rings. The Bertz CT molecular complexity index is 367. The van der Waals surface area contributed by atoms with E-state index in [0.29, 0.717) is 0 Å². The lowest BCUT2D eigenvalue weighted by molar-refractivity contribution is 0.492. The van der Waals surface area contributed by atoms with E-state index in [1.165, 1.54) is 6.20 Å². The van der Waals surface area contributed by atoms with Crippen molar-refractivity contribution in [3.63, 3.8) is 0 Å². The minimum absolute atomic E-state index is 0.0394. The summed E-state index contributed by atoms with van der Waals surface area (Å²) in [6.07, 6.45) is 3.03. The van der Waals surface area contributed by atoms with Crippen molar-refractivity contribution in [3.8, 4) is 0 Å². The predicted molar refractivity (Wildman–Crippen MR) is 56.9 cm³/mol. The van der Waals surface area contributed by atoms with E-state index in [2.05, 4.69) is 32.2 Å². The first-order valence-electron chi connectivity index (χ1n) is 3.35. The maximum Gasteiger partial charge on any atom is 0.236 e. The van der Waals surface area contributed by atoms with Gasteiger partial charge in [-0.05, 0) is 11.8 Å². The smallest absolute Gasteiger partial charge is 0.236 e. The van der Waals surface area contributed by atoms with Crippen molar-refractivity contribution in [2.24, 2.45) is 0 Å². The number of nitrogens with zero attached hydrogens (tertiary/aromatic N) is 3. The van der Waals surface area contributed by atoms with Crippen molar-refractivity contribution in [1.29, 1.82) is 0 Å². The fourth-order valence-electron chi connectivity index (χ4n) is 0.514. The van der Waals surface area contributed by atoms with Gasteiger partial charge in [0.15, 0.2) is 5.44 Å². The minimum atomic E-state index is -3.34. The molecule has 0 spiro atoms. The summed E-state index contributed by atoms with van der Waals surface area (Å²) in [5.41, 5.74) is 1.83. The topological polar surface area (TPSA) is 94.9 Å². The first-order chi connectivity index (χ1) is 6.61. The van der Waals surface area contributed by atoms with Gasteiger partial charge in [-0.1, -0.05) is 5.21 Å². The highest BCUT2D eigenvalue weighted by molar-refractivity contribution is 8.12. The third-order valence-electron chi connectivity index (χ3n) is 1.05. The summed E-state index contributed by atoms with van der Waals surface area (Å²) >= 11 is 5.91. The van der Waals surface area contributed by atoms with Gasteiger partial charge in [0, 0.05) is 11.6 Å². The molecule has 0 atom stereocenters.